The fourth-order valence-electron chi connectivity index (χ4n) is 0.524. The third-order valence-corrected chi connectivity index (χ3v) is 2.92. The van der Waals surface area contributed by atoms with Crippen LogP contribution in [-0.4, -0.2) is 16.6 Å². The monoisotopic (exact) mass is 198 g/mol. The van der Waals surface area contributed by atoms with Crippen LogP contribution in [0.15, 0.2) is 12.7 Å². The van der Waals surface area contributed by atoms with E-state index in [1.54, 1.807) is 0 Å². The first kappa shape index (κ1) is 11.2. The van der Waals surface area contributed by atoms with Crippen molar-refractivity contribution in [2.45, 2.75) is 19.4 Å². The Balaban J connectivity index is 4.00. The largest absolute Gasteiger partial charge is 0.343 e. The summed E-state index contributed by atoms with van der Waals surface area (Å²) in [6, 6.07) is 0. The van der Waals surface area contributed by atoms with Crippen molar-refractivity contribution in [2.24, 2.45) is 0 Å². The van der Waals surface area contributed by atoms with Gasteiger partial charge in [-0.3, -0.25) is 4.57 Å². The maximum atomic E-state index is 10.9. The molecule has 0 bridgehead atoms. The quantitative estimate of drug-likeness (QED) is 0.419. The molecular weight excluding hydrogens is 186 g/mol. The Morgan fingerprint density at radius 2 is 2.45 bits per heavy atom. The summed E-state index contributed by atoms with van der Waals surface area (Å²) in [6.07, 6.45) is 1.71. The molecule has 0 fully saturated rings. The molecule has 11 heavy (non-hydrogen) atoms. The van der Waals surface area contributed by atoms with E-state index < -0.39 is 7.60 Å². The molecule has 66 valence electrons. The molecule has 0 radical (unpaired) electrons. The summed E-state index contributed by atoms with van der Waals surface area (Å²) < 4.78 is 15.6. The number of alkyl halides is 1. The zero-order valence-corrected chi connectivity index (χ0v) is 8.02. The summed E-state index contributed by atoms with van der Waals surface area (Å²) in [7, 11) is -3.57. The summed E-state index contributed by atoms with van der Waals surface area (Å²) in [5.41, 5.74) is -0.378. The second-order valence-corrected chi connectivity index (χ2v) is 4.49. The van der Waals surface area contributed by atoms with Crippen molar-refractivity contribution < 1.29 is 14.0 Å². The van der Waals surface area contributed by atoms with Crippen molar-refractivity contribution in [1.82, 2.24) is 0 Å². The van der Waals surface area contributed by atoms with Gasteiger partial charge in [0.25, 0.3) is 0 Å². The molecule has 0 aromatic rings. The van der Waals surface area contributed by atoms with Crippen molar-refractivity contribution in [3.63, 3.8) is 0 Å². The highest BCUT2D eigenvalue weighted by molar-refractivity contribution is 7.54. The van der Waals surface area contributed by atoms with Gasteiger partial charge in [-0.05, 0) is 6.42 Å². The molecule has 0 aliphatic carbocycles. The van der Waals surface area contributed by atoms with E-state index in [0.717, 1.165) is 0 Å². The summed E-state index contributed by atoms with van der Waals surface area (Å²) in [6.45, 7) is 5.28. The Kier molecular flexibility index (Phi) is 5.02. The molecule has 5 heteroatoms. The van der Waals surface area contributed by atoms with Gasteiger partial charge in [-0.2, -0.15) is 0 Å². The summed E-state index contributed by atoms with van der Waals surface area (Å²) >= 11 is 5.18. The lowest BCUT2D eigenvalue weighted by molar-refractivity contribution is 0.210. The molecule has 2 atom stereocenters. The molecule has 0 amide bonds. The SMILES string of the molecule is C=CC(CC)OP(=O)(O)CCl. The van der Waals surface area contributed by atoms with Crippen molar-refractivity contribution >= 4 is 19.2 Å². The van der Waals surface area contributed by atoms with E-state index in [2.05, 4.69) is 6.58 Å². The van der Waals surface area contributed by atoms with Gasteiger partial charge in [0.2, 0.25) is 0 Å². The molecule has 0 spiro atoms. The second kappa shape index (κ2) is 4.94. The van der Waals surface area contributed by atoms with E-state index >= 15 is 0 Å². The third-order valence-electron chi connectivity index (χ3n) is 1.12. The van der Waals surface area contributed by atoms with Gasteiger partial charge in [-0.1, -0.05) is 13.0 Å². The molecule has 0 aliphatic heterocycles. The van der Waals surface area contributed by atoms with Gasteiger partial charge in [0, 0.05) is 0 Å². The van der Waals surface area contributed by atoms with Crippen LogP contribution in [0.4, 0.5) is 0 Å². The molecular formula is C6H12ClO3P. The zero-order valence-electron chi connectivity index (χ0n) is 6.36. The molecule has 0 aliphatic rings. The van der Waals surface area contributed by atoms with Gasteiger partial charge in [-0.25, -0.2) is 0 Å². The lowest BCUT2D eigenvalue weighted by Crippen LogP contribution is -2.06. The van der Waals surface area contributed by atoms with E-state index in [-0.39, 0.29) is 11.7 Å². The van der Waals surface area contributed by atoms with Crippen LogP contribution in [0.1, 0.15) is 13.3 Å². The minimum Gasteiger partial charge on any atom is -0.323 e. The highest BCUT2D eigenvalue weighted by atomic mass is 35.5. The Morgan fingerprint density at radius 1 is 1.91 bits per heavy atom. The standard InChI is InChI=1S/C6H12ClO3P/c1-3-6(4-2)10-11(8,9)5-7/h3,6H,1,4-5H2,2H3,(H,8,9). The van der Waals surface area contributed by atoms with Gasteiger partial charge in [0.1, 0.15) is 5.62 Å². The van der Waals surface area contributed by atoms with Crippen LogP contribution in [0, 0.1) is 0 Å². The van der Waals surface area contributed by atoms with Crippen molar-refractivity contribution in [3.05, 3.63) is 12.7 Å². The maximum Gasteiger partial charge on any atom is 0.343 e. The highest BCUT2D eigenvalue weighted by Crippen LogP contribution is 2.44. The van der Waals surface area contributed by atoms with E-state index in [0.29, 0.717) is 6.42 Å². The lowest BCUT2D eigenvalue weighted by Gasteiger charge is -2.14. The summed E-state index contributed by atoms with van der Waals surface area (Å²) in [5.74, 6) is 0. The van der Waals surface area contributed by atoms with E-state index in [4.69, 9.17) is 21.0 Å². The molecule has 1 N–H and O–H groups in total. The van der Waals surface area contributed by atoms with Gasteiger partial charge in [-0.15, -0.1) is 18.2 Å². The van der Waals surface area contributed by atoms with Crippen molar-refractivity contribution in [1.29, 1.82) is 0 Å². The van der Waals surface area contributed by atoms with E-state index in [9.17, 15) is 4.57 Å². The average molecular weight is 199 g/mol. The first-order valence-corrected chi connectivity index (χ1v) is 5.54. The van der Waals surface area contributed by atoms with Crippen LogP contribution in [0.5, 0.6) is 0 Å². The van der Waals surface area contributed by atoms with Gasteiger partial charge < -0.3 is 9.42 Å². The smallest absolute Gasteiger partial charge is 0.323 e. The first-order valence-electron chi connectivity index (χ1n) is 3.24. The number of hydrogen-bond donors (Lipinski definition) is 1. The fraction of sp³-hybridized carbons (Fsp3) is 0.667. The van der Waals surface area contributed by atoms with Gasteiger partial charge in [0.15, 0.2) is 0 Å². The first-order chi connectivity index (χ1) is 5.05. The molecule has 0 saturated carbocycles. The van der Waals surface area contributed by atoms with Gasteiger partial charge >= 0.3 is 7.60 Å². The van der Waals surface area contributed by atoms with Crippen LogP contribution in [-0.2, 0) is 9.09 Å². The highest BCUT2D eigenvalue weighted by Gasteiger charge is 2.20. The number of halogens is 1. The third kappa shape index (κ3) is 4.59. The van der Waals surface area contributed by atoms with E-state index in [1.807, 2.05) is 6.92 Å². The molecule has 0 aromatic carbocycles. The molecule has 0 aromatic heterocycles. The topological polar surface area (TPSA) is 46.5 Å². The van der Waals surface area contributed by atoms with Crippen molar-refractivity contribution in [3.8, 4) is 0 Å². The summed E-state index contributed by atoms with van der Waals surface area (Å²) in [4.78, 5) is 8.91. The molecule has 0 saturated heterocycles. The van der Waals surface area contributed by atoms with Crippen LogP contribution >= 0.6 is 19.2 Å². The summed E-state index contributed by atoms with van der Waals surface area (Å²) in [5, 5.41) is 0. The Labute approximate surface area is 71.5 Å². The normalized spacial score (nSPS) is 18.8. The van der Waals surface area contributed by atoms with Crippen molar-refractivity contribution in [2.75, 3.05) is 5.62 Å². The predicted molar refractivity (Wildman–Crippen MR) is 45.9 cm³/mol. The fourth-order valence-corrected chi connectivity index (χ4v) is 1.41. The minimum atomic E-state index is -3.57. The maximum absolute atomic E-state index is 10.9. The molecule has 0 rings (SSSR count). The van der Waals surface area contributed by atoms with Crippen LogP contribution in [0.25, 0.3) is 0 Å². The average Bonchev–Trinajstić information content (AvgIpc) is 2.00. The number of rotatable bonds is 5. The number of hydrogen-bond acceptors (Lipinski definition) is 2. The van der Waals surface area contributed by atoms with E-state index in [1.165, 1.54) is 6.08 Å². The van der Waals surface area contributed by atoms with Crippen LogP contribution in [0.3, 0.4) is 0 Å². The molecule has 3 nitrogen and oxygen atoms in total. The minimum absolute atomic E-state index is 0.378. The Hall–Kier alpha value is 0.180. The van der Waals surface area contributed by atoms with Gasteiger partial charge in [0.05, 0.1) is 6.10 Å². The molecule has 2 unspecified atom stereocenters. The lowest BCUT2D eigenvalue weighted by atomic mass is 10.3. The zero-order chi connectivity index (χ0) is 8.91. The Morgan fingerprint density at radius 3 is 2.73 bits per heavy atom. The Bertz CT molecular complexity index is 171. The second-order valence-electron chi connectivity index (χ2n) is 2.04. The predicted octanol–water partition coefficient (Wildman–Crippen LogP) is 2.35. The van der Waals surface area contributed by atoms with Crippen LogP contribution < -0.4 is 0 Å². The van der Waals surface area contributed by atoms with Crippen LogP contribution in [0.2, 0.25) is 0 Å². The molecule has 0 heterocycles.